The molecule has 2 rings (SSSR count). The Kier molecular flexibility index (Phi) is 1.91. The van der Waals surface area contributed by atoms with E-state index < -0.39 is 0 Å². The number of pyridine rings is 1. The lowest BCUT2D eigenvalue weighted by atomic mass is 10.3. The van der Waals surface area contributed by atoms with Gasteiger partial charge in [0.2, 0.25) is 5.89 Å². The smallest absolute Gasteiger partial charge is 0.227 e. The minimum atomic E-state index is 0.587. The largest absolute Gasteiger partial charge is 0.444 e. The first-order valence-electron chi connectivity index (χ1n) is 3.37. The quantitative estimate of drug-likeness (QED) is 0.748. The lowest BCUT2D eigenvalue weighted by molar-refractivity contribution is 0.574. The highest BCUT2D eigenvalue weighted by Gasteiger charge is 2.01. The predicted octanol–water partition coefficient (Wildman–Crippen LogP) is 2.50. The van der Waals surface area contributed by atoms with E-state index in [1.165, 1.54) is 6.26 Å². The van der Waals surface area contributed by atoms with Crippen LogP contribution < -0.4 is 0 Å². The number of halogens is 1. The second kappa shape index (κ2) is 3.06. The molecular weight excluding hydrogens is 220 g/mol. The predicted molar refractivity (Wildman–Crippen MR) is 47.4 cm³/mol. The summed E-state index contributed by atoms with van der Waals surface area (Å²) in [5.74, 6) is 0.587. The van der Waals surface area contributed by atoms with Crippen LogP contribution in [0.5, 0.6) is 0 Å². The number of aromatic nitrogens is 2. The molecule has 0 fully saturated rings. The van der Waals surface area contributed by atoms with Crippen LogP contribution in [0.3, 0.4) is 0 Å². The Morgan fingerprint density at radius 2 is 2.25 bits per heavy atom. The monoisotopic (exact) mass is 224 g/mol. The Bertz CT molecular complexity index is 372. The zero-order valence-corrected chi connectivity index (χ0v) is 7.65. The molecule has 0 unspecified atom stereocenters. The van der Waals surface area contributed by atoms with E-state index in [0.29, 0.717) is 5.89 Å². The van der Waals surface area contributed by atoms with Gasteiger partial charge in [-0.1, -0.05) is 0 Å². The fourth-order valence-corrected chi connectivity index (χ4v) is 1.26. The highest BCUT2D eigenvalue weighted by Crippen LogP contribution is 2.19. The lowest BCUT2D eigenvalue weighted by Crippen LogP contribution is -1.78. The molecule has 0 bridgehead atoms. The molecule has 2 aromatic heterocycles. The van der Waals surface area contributed by atoms with Gasteiger partial charge in [-0.2, -0.15) is 0 Å². The molecule has 0 aliphatic heterocycles. The van der Waals surface area contributed by atoms with Gasteiger partial charge in [0.1, 0.15) is 6.26 Å². The zero-order chi connectivity index (χ0) is 8.39. The van der Waals surface area contributed by atoms with Crippen molar-refractivity contribution in [1.82, 2.24) is 9.97 Å². The first-order valence-corrected chi connectivity index (χ1v) is 4.16. The summed E-state index contributed by atoms with van der Waals surface area (Å²) in [6, 6.07) is 1.90. The molecule has 0 amide bonds. The van der Waals surface area contributed by atoms with Crippen molar-refractivity contribution in [1.29, 1.82) is 0 Å². The van der Waals surface area contributed by atoms with Gasteiger partial charge in [0.05, 0.1) is 11.8 Å². The van der Waals surface area contributed by atoms with Gasteiger partial charge in [0, 0.05) is 16.9 Å². The van der Waals surface area contributed by atoms with Gasteiger partial charge in [-0.05, 0) is 22.0 Å². The van der Waals surface area contributed by atoms with Crippen LogP contribution in [0.2, 0.25) is 0 Å². The first kappa shape index (κ1) is 7.49. The topological polar surface area (TPSA) is 38.9 Å². The minimum Gasteiger partial charge on any atom is -0.444 e. The molecular formula is C8H5BrN2O. The molecule has 0 N–H and O–H groups in total. The Labute approximate surface area is 77.6 Å². The normalized spacial score (nSPS) is 10.1. The number of rotatable bonds is 1. The summed E-state index contributed by atoms with van der Waals surface area (Å²) in [6.07, 6.45) is 6.56. The molecule has 0 aliphatic carbocycles. The van der Waals surface area contributed by atoms with E-state index >= 15 is 0 Å². The first-order chi connectivity index (χ1) is 5.86. The molecule has 3 nitrogen and oxygen atoms in total. The van der Waals surface area contributed by atoms with Crippen LogP contribution in [0, 0.1) is 0 Å². The van der Waals surface area contributed by atoms with Crippen molar-refractivity contribution < 1.29 is 4.42 Å². The molecule has 2 aromatic rings. The summed E-state index contributed by atoms with van der Waals surface area (Å²) in [7, 11) is 0. The molecule has 12 heavy (non-hydrogen) atoms. The summed E-state index contributed by atoms with van der Waals surface area (Å²) in [6.45, 7) is 0. The molecule has 0 atom stereocenters. The van der Waals surface area contributed by atoms with Gasteiger partial charge in [0.25, 0.3) is 0 Å². The average Bonchev–Trinajstić information content (AvgIpc) is 2.56. The van der Waals surface area contributed by atoms with E-state index in [1.807, 2.05) is 6.07 Å². The molecule has 0 saturated heterocycles. The van der Waals surface area contributed by atoms with E-state index in [1.54, 1.807) is 18.6 Å². The number of nitrogens with zero attached hydrogens (tertiary/aromatic N) is 2. The second-order valence-corrected chi connectivity index (χ2v) is 3.14. The summed E-state index contributed by atoms with van der Waals surface area (Å²) in [4.78, 5) is 7.99. The average molecular weight is 225 g/mol. The fourth-order valence-electron chi connectivity index (χ4n) is 0.895. The van der Waals surface area contributed by atoms with Crippen molar-refractivity contribution in [3.8, 4) is 11.5 Å². The van der Waals surface area contributed by atoms with Gasteiger partial charge >= 0.3 is 0 Å². The van der Waals surface area contributed by atoms with Crippen LogP contribution in [0.25, 0.3) is 11.5 Å². The Morgan fingerprint density at radius 3 is 2.92 bits per heavy atom. The third-order valence-corrected chi connectivity index (χ3v) is 1.82. The van der Waals surface area contributed by atoms with Crippen LogP contribution in [0.4, 0.5) is 0 Å². The zero-order valence-electron chi connectivity index (χ0n) is 6.07. The van der Waals surface area contributed by atoms with Crippen molar-refractivity contribution >= 4 is 15.9 Å². The SMILES string of the molecule is Brc1cncc(-c2ncco2)c1. The molecule has 4 heteroatoms. The van der Waals surface area contributed by atoms with Crippen LogP contribution in [-0.4, -0.2) is 9.97 Å². The molecule has 0 aromatic carbocycles. The Morgan fingerprint density at radius 1 is 1.33 bits per heavy atom. The van der Waals surface area contributed by atoms with Gasteiger partial charge in [-0.15, -0.1) is 0 Å². The molecule has 0 radical (unpaired) electrons. The molecule has 0 saturated carbocycles. The fraction of sp³-hybridized carbons (Fsp3) is 0. The van der Waals surface area contributed by atoms with E-state index in [4.69, 9.17) is 4.42 Å². The van der Waals surface area contributed by atoms with E-state index in [9.17, 15) is 0 Å². The van der Waals surface area contributed by atoms with Gasteiger partial charge < -0.3 is 4.42 Å². The van der Waals surface area contributed by atoms with Gasteiger partial charge in [-0.25, -0.2) is 4.98 Å². The maximum Gasteiger partial charge on any atom is 0.227 e. The van der Waals surface area contributed by atoms with Crippen molar-refractivity contribution in [2.75, 3.05) is 0 Å². The van der Waals surface area contributed by atoms with E-state index in [2.05, 4.69) is 25.9 Å². The lowest BCUT2D eigenvalue weighted by Gasteiger charge is -1.93. The number of hydrogen-bond donors (Lipinski definition) is 0. The highest BCUT2D eigenvalue weighted by molar-refractivity contribution is 9.10. The van der Waals surface area contributed by atoms with Crippen LogP contribution >= 0.6 is 15.9 Å². The van der Waals surface area contributed by atoms with E-state index in [-0.39, 0.29) is 0 Å². The van der Waals surface area contributed by atoms with E-state index in [0.717, 1.165) is 10.0 Å². The maximum absolute atomic E-state index is 5.10. The maximum atomic E-state index is 5.10. The molecule has 2 heterocycles. The van der Waals surface area contributed by atoms with Crippen LogP contribution in [-0.2, 0) is 0 Å². The van der Waals surface area contributed by atoms with Crippen LogP contribution in [0.15, 0.2) is 39.8 Å². The third-order valence-electron chi connectivity index (χ3n) is 1.38. The van der Waals surface area contributed by atoms with Gasteiger partial charge in [-0.3, -0.25) is 4.98 Å². The minimum absolute atomic E-state index is 0.587. The summed E-state index contributed by atoms with van der Waals surface area (Å²) in [5, 5.41) is 0. The number of oxazole rings is 1. The highest BCUT2D eigenvalue weighted by atomic mass is 79.9. The third kappa shape index (κ3) is 1.38. The van der Waals surface area contributed by atoms with Crippen molar-refractivity contribution in [2.24, 2.45) is 0 Å². The summed E-state index contributed by atoms with van der Waals surface area (Å²) in [5.41, 5.74) is 0.870. The molecule has 60 valence electrons. The number of hydrogen-bond acceptors (Lipinski definition) is 3. The summed E-state index contributed by atoms with van der Waals surface area (Å²) >= 11 is 3.32. The van der Waals surface area contributed by atoms with Crippen molar-refractivity contribution in [2.45, 2.75) is 0 Å². The summed E-state index contributed by atoms with van der Waals surface area (Å²) < 4.78 is 6.02. The van der Waals surface area contributed by atoms with Gasteiger partial charge in [0.15, 0.2) is 0 Å². The Hall–Kier alpha value is -1.16. The Balaban J connectivity index is 2.48. The van der Waals surface area contributed by atoms with Crippen molar-refractivity contribution in [3.63, 3.8) is 0 Å². The molecule has 0 aliphatic rings. The standard InChI is InChI=1S/C8H5BrN2O/c9-7-3-6(4-10-5-7)8-11-1-2-12-8/h1-5H. The second-order valence-electron chi connectivity index (χ2n) is 2.23. The van der Waals surface area contributed by atoms with Crippen LogP contribution in [0.1, 0.15) is 0 Å². The molecule has 0 spiro atoms. The van der Waals surface area contributed by atoms with Crippen molar-refractivity contribution in [3.05, 3.63) is 35.4 Å².